The van der Waals surface area contributed by atoms with Gasteiger partial charge in [0, 0.05) is 32.2 Å². The Bertz CT molecular complexity index is 2410. The van der Waals surface area contributed by atoms with E-state index in [1.165, 1.54) is 4.90 Å². The molecule has 2 N–H and O–H groups in total. The highest BCUT2D eigenvalue weighted by molar-refractivity contribution is 5.72. The zero-order valence-corrected chi connectivity index (χ0v) is 39.1. The number of carbonyl (C=O) groups excluding carboxylic acids is 6. The van der Waals surface area contributed by atoms with Gasteiger partial charge in [0.25, 0.3) is 0 Å². The molecule has 3 amide bonds. The van der Waals surface area contributed by atoms with Crippen LogP contribution < -0.4 is 10.6 Å². The summed E-state index contributed by atoms with van der Waals surface area (Å²) in [7, 11) is 0. The molecular weight excluding hydrogens is 909 g/mol. The summed E-state index contributed by atoms with van der Waals surface area (Å²) in [6.07, 6.45) is -11.5. The van der Waals surface area contributed by atoms with Crippen molar-refractivity contribution in [1.29, 1.82) is 0 Å². The maximum absolute atomic E-state index is 14.0. The fourth-order valence-electron chi connectivity index (χ4n) is 8.25. The van der Waals surface area contributed by atoms with Crippen molar-refractivity contribution >= 4 is 36.2 Å². The summed E-state index contributed by atoms with van der Waals surface area (Å²) in [6.45, 7) is 4.67. The molecule has 1 saturated heterocycles. The molecule has 1 aliphatic carbocycles. The maximum Gasteiger partial charge on any atom is 0.410 e. The second-order valence-electron chi connectivity index (χ2n) is 16.6. The third kappa shape index (κ3) is 14.9. The topological polar surface area (TPSA) is 252 Å². The summed E-state index contributed by atoms with van der Waals surface area (Å²) in [6, 6.07) is 30.8. The number of hydrogen-bond donors (Lipinski definition) is 2. The zero-order valence-electron chi connectivity index (χ0n) is 39.1. The quantitative estimate of drug-likeness (QED) is 0.0329. The van der Waals surface area contributed by atoms with E-state index < -0.39 is 97.2 Å². The Labute approximate surface area is 404 Å². The standard InChI is InChI=1S/C50H56N6O14/c1-31(56(27-35-17-9-5-10-18-35)50(62)65-30-38-23-15-8-16-24-38)40-26-25-39(54-55-51)47(69-40)70-45-42(53-49(61)64-29-37-21-13-7-14-22-37)43(66-32(2)57)41(44(67-33(3)58)46(45)68-34(4)59)52-48(60)63-28-36-19-11-6-12-20-36/h5-24,31,39-47H,25-30H2,1-4H3,(H,52,60)(H,53,61)/t31?,39-,40+,41-,42+,43-,44+,45-,46-,47?/m1/s1. The van der Waals surface area contributed by atoms with Gasteiger partial charge in [-0.3, -0.25) is 19.3 Å². The molecular formula is C50H56N6O14. The van der Waals surface area contributed by atoms with Crippen molar-refractivity contribution in [1.82, 2.24) is 15.5 Å². The van der Waals surface area contributed by atoms with E-state index in [9.17, 15) is 34.3 Å². The van der Waals surface area contributed by atoms with Gasteiger partial charge in [-0.15, -0.1) is 0 Å². The molecule has 2 aliphatic rings. The van der Waals surface area contributed by atoms with Crippen molar-refractivity contribution in [3.05, 3.63) is 154 Å². The fraction of sp³-hybridized carbons (Fsp3) is 0.400. The Kier molecular flexibility index (Phi) is 18.9. The highest BCUT2D eigenvalue weighted by Gasteiger charge is 2.59. The van der Waals surface area contributed by atoms with E-state index in [4.69, 9.17) is 37.9 Å². The molecule has 4 aromatic rings. The number of alkyl carbamates (subject to hydrolysis) is 2. The zero-order chi connectivity index (χ0) is 50.0. The van der Waals surface area contributed by atoms with Gasteiger partial charge >= 0.3 is 36.2 Å². The van der Waals surface area contributed by atoms with Gasteiger partial charge in [-0.25, -0.2) is 14.4 Å². The Morgan fingerprint density at radius 2 is 1.04 bits per heavy atom. The van der Waals surface area contributed by atoms with Gasteiger partial charge in [-0.2, -0.15) is 0 Å². The number of carbonyl (C=O) groups is 6. The largest absolute Gasteiger partial charge is 0.458 e. The fourth-order valence-corrected chi connectivity index (χ4v) is 8.25. The summed E-state index contributed by atoms with van der Waals surface area (Å²) < 4.78 is 47.8. The Morgan fingerprint density at radius 1 is 0.614 bits per heavy atom. The van der Waals surface area contributed by atoms with Crippen molar-refractivity contribution in [2.45, 2.75) is 128 Å². The molecule has 2 unspecified atom stereocenters. The van der Waals surface area contributed by atoms with Gasteiger partial charge in [0.05, 0.1) is 18.2 Å². The normalized spacial score (nSPS) is 23.1. The molecule has 70 heavy (non-hydrogen) atoms. The third-order valence-electron chi connectivity index (χ3n) is 11.5. The molecule has 20 nitrogen and oxygen atoms in total. The minimum absolute atomic E-state index is 0.0110. The predicted molar refractivity (Wildman–Crippen MR) is 248 cm³/mol. The third-order valence-corrected chi connectivity index (χ3v) is 11.5. The van der Waals surface area contributed by atoms with Crippen LogP contribution in [0.15, 0.2) is 126 Å². The van der Waals surface area contributed by atoms with Crippen LogP contribution in [0.4, 0.5) is 14.4 Å². The molecule has 10 atom stereocenters. The van der Waals surface area contributed by atoms with E-state index in [-0.39, 0.29) is 39.2 Å². The first-order chi connectivity index (χ1) is 33.8. The minimum atomic E-state index is -1.72. The van der Waals surface area contributed by atoms with Crippen LogP contribution in [-0.4, -0.2) is 102 Å². The molecule has 6 rings (SSSR count). The van der Waals surface area contributed by atoms with Crippen LogP contribution in [0, 0.1) is 0 Å². The summed E-state index contributed by atoms with van der Waals surface area (Å²) in [4.78, 5) is 85.2. The van der Waals surface area contributed by atoms with Crippen LogP contribution in [0.3, 0.4) is 0 Å². The molecule has 1 saturated carbocycles. The average Bonchev–Trinajstić information content (AvgIpc) is 3.35. The first-order valence-electron chi connectivity index (χ1n) is 22.6. The summed E-state index contributed by atoms with van der Waals surface area (Å²) in [5.41, 5.74) is 12.6. The van der Waals surface area contributed by atoms with Crippen molar-refractivity contribution in [3.63, 3.8) is 0 Å². The van der Waals surface area contributed by atoms with Gasteiger partial charge in [-0.05, 0) is 47.6 Å². The lowest BCUT2D eigenvalue weighted by Crippen LogP contribution is -2.75. The first-order valence-corrected chi connectivity index (χ1v) is 22.6. The van der Waals surface area contributed by atoms with E-state index in [1.54, 1.807) is 67.6 Å². The molecule has 4 aromatic carbocycles. The lowest BCUT2D eigenvalue weighted by molar-refractivity contribution is -0.274. The van der Waals surface area contributed by atoms with E-state index in [1.807, 2.05) is 60.7 Å². The van der Waals surface area contributed by atoms with Crippen molar-refractivity contribution in [2.24, 2.45) is 5.11 Å². The lowest BCUT2D eigenvalue weighted by Gasteiger charge is -2.50. The van der Waals surface area contributed by atoms with Crippen molar-refractivity contribution < 1.29 is 66.7 Å². The summed E-state index contributed by atoms with van der Waals surface area (Å²) in [5.74, 6) is -2.73. The smallest absolute Gasteiger partial charge is 0.410 e. The second-order valence-corrected chi connectivity index (χ2v) is 16.6. The lowest BCUT2D eigenvalue weighted by atomic mass is 9.80. The Hall–Kier alpha value is -7.67. The van der Waals surface area contributed by atoms with Gasteiger partial charge < -0.3 is 48.5 Å². The molecule has 0 radical (unpaired) electrons. The molecule has 0 aromatic heterocycles. The number of nitrogens with zero attached hydrogens (tertiary/aromatic N) is 4. The number of esters is 3. The number of hydrogen-bond acceptors (Lipinski definition) is 15. The van der Waals surface area contributed by atoms with Crippen LogP contribution in [0.2, 0.25) is 0 Å². The minimum Gasteiger partial charge on any atom is -0.458 e. The van der Waals surface area contributed by atoms with Gasteiger partial charge in [0.2, 0.25) is 0 Å². The number of rotatable bonds is 18. The molecule has 0 spiro atoms. The highest BCUT2D eigenvalue weighted by Crippen LogP contribution is 2.36. The second kappa shape index (κ2) is 25.6. The van der Waals surface area contributed by atoms with Crippen LogP contribution in [-0.2, 0) is 78.6 Å². The van der Waals surface area contributed by atoms with Crippen LogP contribution >= 0.6 is 0 Å². The van der Waals surface area contributed by atoms with Crippen molar-refractivity contribution in [2.75, 3.05) is 0 Å². The Morgan fingerprint density at radius 3 is 1.51 bits per heavy atom. The number of benzene rings is 4. The monoisotopic (exact) mass is 964 g/mol. The van der Waals surface area contributed by atoms with Crippen molar-refractivity contribution in [3.8, 4) is 0 Å². The average molecular weight is 965 g/mol. The van der Waals surface area contributed by atoms with E-state index in [0.29, 0.717) is 11.1 Å². The van der Waals surface area contributed by atoms with E-state index >= 15 is 0 Å². The predicted octanol–water partition coefficient (Wildman–Crippen LogP) is 7.18. The van der Waals surface area contributed by atoms with Gasteiger partial charge in [0.15, 0.2) is 18.5 Å². The number of ether oxygens (including phenoxy) is 8. The van der Waals surface area contributed by atoms with E-state index in [0.717, 1.165) is 31.9 Å². The molecule has 20 heteroatoms. The molecule has 2 fully saturated rings. The van der Waals surface area contributed by atoms with E-state index in [2.05, 4.69) is 20.7 Å². The number of amides is 3. The SMILES string of the molecule is CC(=O)O[C@@H]1[C@@H](NC(=O)OCc2ccccc2)[C@H](OC(C)=O)[C@@H](OC(C)=O)[C@H](OC2O[C@H](C(C)N(Cc3ccccc3)C(=O)OCc3ccccc3)CC[C@H]2N=[N+]=[N-])[C@H]1NC(=O)OCc1ccccc1. The highest BCUT2D eigenvalue weighted by atomic mass is 16.7. The van der Waals surface area contributed by atoms with Crippen LogP contribution in [0.1, 0.15) is 62.8 Å². The molecule has 1 aliphatic heterocycles. The first kappa shape index (κ1) is 51.7. The van der Waals surface area contributed by atoms with Gasteiger partial charge in [-0.1, -0.05) is 126 Å². The molecule has 0 bridgehead atoms. The van der Waals surface area contributed by atoms with Crippen LogP contribution in [0.25, 0.3) is 10.4 Å². The summed E-state index contributed by atoms with van der Waals surface area (Å²) in [5, 5.41) is 9.24. The maximum atomic E-state index is 14.0. The number of azide groups is 1. The molecule has 1 heterocycles. The number of nitrogens with one attached hydrogen (secondary N) is 2. The van der Waals surface area contributed by atoms with Gasteiger partial charge in [0.1, 0.15) is 44.1 Å². The Balaban J connectivity index is 1.37. The van der Waals surface area contributed by atoms with Crippen LogP contribution in [0.5, 0.6) is 0 Å². The summed E-state index contributed by atoms with van der Waals surface area (Å²) >= 11 is 0. The molecule has 370 valence electrons.